The molecule has 4 saturated carbocycles. The van der Waals surface area contributed by atoms with Crippen LogP contribution < -0.4 is 5.32 Å². The molecule has 2 atom stereocenters. The predicted molar refractivity (Wildman–Crippen MR) is 93.4 cm³/mol. The van der Waals surface area contributed by atoms with Crippen LogP contribution in [0.5, 0.6) is 0 Å². The Morgan fingerprint density at radius 2 is 1.74 bits per heavy atom. The number of aryl methyl sites for hydroxylation is 2. The van der Waals surface area contributed by atoms with Gasteiger partial charge in [0.1, 0.15) is 0 Å². The quantitative estimate of drug-likeness (QED) is 0.824. The SMILES string of the molecule is Cc1cc(Br)cc(C)c1C(=O)NC1C2CC3CC1CC(O)(C3)C2. The molecule has 0 aliphatic heterocycles. The maximum absolute atomic E-state index is 12.9. The minimum Gasteiger partial charge on any atom is -0.390 e. The zero-order valence-corrected chi connectivity index (χ0v) is 15.3. The summed E-state index contributed by atoms with van der Waals surface area (Å²) < 4.78 is 1.01. The first kappa shape index (κ1) is 15.6. The molecule has 2 unspecified atom stereocenters. The van der Waals surface area contributed by atoms with Crippen molar-refractivity contribution in [3.8, 4) is 0 Å². The molecular formula is C19H24BrNO2. The Morgan fingerprint density at radius 1 is 1.17 bits per heavy atom. The molecule has 4 heteroatoms. The number of aliphatic hydroxyl groups is 1. The van der Waals surface area contributed by atoms with Gasteiger partial charge in [-0.05, 0) is 87.0 Å². The van der Waals surface area contributed by atoms with Crippen LogP contribution in [0.1, 0.15) is 53.6 Å². The third kappa shape index (κ3) is 2.64. The molecule has 5 rings (SSSR count). The second kappa shape index (κ2) is 5.32. The lowest BCUT2D eigenvalue weighted by Crippen LogP contribution is -2.61. The highest BCUT2D eigenvalue weighted by Crippen LogP contribution is 2.55. The number of hydrogen-bond acceptors (Lipinski definition) is 2. The molecule has 2 N–H and O–H groups in total. The highest BCUT2D eigenvalue weighted by atomic mass is 79.9. The summed E-state index contributed by atoms with van der Waals surface area (Å²) in [5.74, 6) is 1.62. The lowest BCUT2D eigenvalue weighted by atomic mass is 9.52. The summed E-state index contributed by atoms with van der Waals surface area (Å²) in [5, 5.41) is 14.0. The summed E-state index contributed by atoms with van der Waals surface area (Å²) in [7, 11) is 0. The molecule has 0 heterocycles. The van der Waals surface area contributed by atoms with E-state index in [1.807, 2.05) is 26.0 Å². The highest BCUT2D eigenvalue weighted by molar-refractivity contribution is 9.10. The first-order valence-electron chi connectivity index (χ1n) is 8.65. The Bertz CT molecular complexity index is 632. The number of carbonyl (C=O) groups is 1. The summed E-state index contributed by atoms with van der Waals surface area (Å²) in [6.07, 6.45) is 5.04. The number of carbonyl (C=O) groups excluding carboxylic acids is 1. The fourth-order valence-electron chi connectivity index (χ4n) is 5.71. The second-order valence-electron chi connectivity index (χ2n) is 8.11. The Morgan fingerprint density at radius 3 is 2.26 bits per heavy atom. The molecule has 1 amide bonds. The van der Waals surface area contributed by atoms with Crippen molar-refractivity contribution >= 4 is 21.8 Å². The molecule has 4 bridgehead atoms. The molecule has 1 aromatic carbocycles. The smallest absolute Gasteiger partial charge is 0.252 e. The summed E-state index contributed by atoms with van der Waals surface area (Å²) in [5.41, 5.74) is 2.38. The predicted octanol–water partition coefficient (Wildman–Crippen LogP) is 3.74. The monoisotopic (exact) mass is 377 g/mol. The van der Waals surface area contributed by atoms with Gasteiger partial charge >= 0.3 is 0 Å². The fourth-order valence-corrected chi connectivity index (χ4v) is 6.40. The van der Waals surface area contributed by atoms with Crippen molar-refractivity contribution in [2.24, 2.45) is 17.8 Å². The van der Waals surface area contributed by atoms with E-state index in [4.69, 9.17) is 0 Å². The first-order chi connectivity index (χ1) is 10.8. The van der Waals surface area contributed by atoms with E-state index in [1.54, 1.807) is 0 Å². The van der Waals surface area contributed by atoms with Gasteiger partial charge < -0.3 is 10.4 Å². The van der Waals surface area contributed by atoms with Crippen LogP contribution in [0.15, 0.2) is 16.6 Å². The van der Waals surface area contributed by atoms with Crippen LogP contribution in [-0.2, 0) is 0 Å². The number of rotatable bonds is 2. The third-order valence-electron chi connectivity index (χ3n) is 6.26. The van der Waals surface area contributed by atoms with Crippen molar-refractivity contribution in [3.63, 3.8) is 0 Å². The Balaban J connectivity index is 1.56. The van der Waals surface area contributed by atoms with Gasteiger partial charge in [-0.1, -0.05) is 15.9 Å². The molecule has 0 radical (unpaired) electrons. The molecular weight excluding hydrogens is 354 g/mol. The molecule has 4 fully saturated rings. The number of halogens is 1. The second-order valence-corrected chi connectivity index (χ2v) is 9.02. The number of amides is 1. The van der Waals surface area contributed by atoms with Crippen molar-refractivity contribution in [1.82, 2.24) is 5.32 Å². The van der Waals surface area contributed by atoms with Crippen molar-refractivity contribution in [2.75, 3.05) is 0 Å². The summed E-state index contributed by atoms with van der Waals surface area (Å²) in [6.45, 7) is 3.98. The van der Waals surface area contributed by atoms with E-state index < -0.39 is 5.60 Å². The maximum Gasteiger partial charge on any atom is 0.252 e. The lowest BCUT2D eigenvalue weighted by molar-refractivity contribution is -0.136. The van der Waals surface area contributed by atoms with Gasteiger partial charge in [0, 0.05) is 16.1 Å². The van der Waals surface area contributed by atoms with Crippen molar-refractivity contribution < 1.29 is 9.90 Å². The van der Waals surface area contributed by atoms with E-state index in [-0.39, 0.29) is 11.9 Å². The number of hydrogen-bond donors (Lipinski definition) is 2. The lowest BCUT2D eigenvalue weighted by Gasteiger charge is -2.58. The van der Waals surface area contributed by atoms with Crippen LogP contribution in [-0.4, -0.2) is 22.7 Å². The van der Waals surface area contributed by atoms with Gasteiger partial charge in [0.2, 0.25) is 0 Å². The van der Waals surface area contributed by atoms with Gasteiger partial charge in [0.05, 0.1) is 5.60 Å². The molecule has 1 aromatic rings. The minimum atomic E-state index is -0.443. The van der Waals surface area contributed by atoms with Gasteiger partial charge in [-0.15, -0.1) is 0 Å². The Labute approximate surface area is 146 Å². The summed E-state index contributed by atoms with van der Waals surface area (Å²) >= 11 is 3.49. The maximum atomic E-state index is 12.9. The van der Waals surface area contributed by atoms with Crippen LogP contribution in [0.2, 0.25) is 0 Å². The van der Waals surface area contributed by atoms with E-state index in [0.29, 0.717) is 17.8 Å². The number of nitrogens with one attached hydrogen (secondary N) is 1. The van der Waals surface area contributed by atoms with Gasteiger partial charge in [0.15, 0.2) is 0 Å². The zero-order valence-electron chi connectivity index (χ0n) is 13.7. The molecule has 124 valence electrons. The van der Waals surface area contributed by atoms with Gasteiger partial charge in [-0.2, -0.15) is 0 Å². The standard InChI is InChI=1S/C19H24BrNO2/c1-10-3-15(20)4-11(2)16(10)18(22)21-17-13-5-12-6-14(17)9-19(23,7-12)8-13/h3-4,12-14,17,23H,5-9H2,1-2H3,(H,21,22). The normalized spacial score (nSPS) is 37.9. The molecule has 4 aliphatic rings. The van der Waals surface area contributed by atoms with E-state index in [1.165, 1.54) is 12.8 Å². The van der Waals surface area contributed by atoms with Crippen molar-refractivity contribution in [1.29, 1.82) is 0 Å². The molecule has 0 aromatic heterocycles. The van der Waals surface area contributed by atoms with Gasteiger partial charge in [-0.25, -0.2) is 0 Å². The van der Waals surface area contributed by atoms with Crippen LogP contribution >= 0.6 is 15.9 Å². The molecule has 0 spiro atoms. The molecule has 4 aliphatic carbocycles. The van der Waals surface area contributed by atoms with Crippen molar-refractivity contribution in [2.45, 2.75) is 57.6 Å². The number of benzene rings is 1. The zero-order chi connectivity index (χ0) is 16.4. The average molecular weight is 378 g/mol. The van der Waals surface area contributed by atoms with Crippen LogP contribution in [0, 0.1) is 31.6 Å². The summed E-state index contributed by atoms with van der Waals surface area (Å²) in [4.78, 5) is 12.9. The Hall–Kier alpha value is -0.870. The van der Waals surface area contributed by atoms with E-state index in [9.17, 15) is 9.90 Å². The molecule has 23 heavy (non-hydrogen) atoms. The van der Waals surface area contributed by atoms with Crippen molar-refractivity contribution in [3.05, 3.63) is 33.3 Å². The van der Waals surface area contributed by atoms with E-state index in [2.05, 4.69) is 21.2 Å². The topological polar surface area (TPSA) is 49.3 Å². The first-order valence-corrected chi connectivity index (χ1v) is 9.44. The van der Waals surface area contributed by atoms with Gasteiger partial charge in [0.25, 0.3) is 5.91 Å². The average Bonchev–Trinajstić information content (AvgIpc) is 2.39. The highest BCUT2D eigenvalue weighted by Gasteiger charge is 2.55. The molecule has 0 saturated heterocycles. The van der Waals surface area contributed by atoms with Crippen LogP contribution in [0.3, 0.4) is 0 Å². The third-order valence-corrected chi connectivity index (χ3v) is 6.72. The molecule has 3 nitrogen and oxygen atoms in total. The fraction of sp³-hybridized carbons (Fsp3) is 0.632. The summed E-state index contributed by atoms with van der Waals surface area (Å²) in [6, 6.07) is 4.24. The van der Waals surface area contributed by atoms with Gasteiger partial charge in [-0.3, -0.25) is 4.79 Å². The minimum absolute atomic E-state index is 0.0527. The van der Waals surface area contributed by atoms with E-state index >= 15 is 0 Å². The largest absolute Gasteiger partial charge is 0.390 e. The Kier molecular flexibility index (Phi) is 3.62. The van der Waals surface area contributed by atoms with Crippen LogP contribution in [0.25, 0.3) is 0 Å². The van der Waals surface area contributed by atoms with E-state index in [0.717, 1.165) is 40.4 Å². The van der Waals surface area contributed by atoms with Crippen LogP contribution in [0.4, 0.5) is 0 Å².